The maximum absolute atomic E-state index is 8.95. The summed E-state index contributed by atoms with van der Waals surface area (Å²) < 4.78 is 0. The SMILES string of the molecule is N=C/C(=C\O)c1ccc2ncnc(N)c2c1. The Bertz CT molecular complexity index is 577. The van der Waals surface area contributed by atoms with Crippen LogP contribution < -0.4 is 5.73 Å². The quantitative estimate of drug-likeness (QED) is 0.524. The number of hydrogen-bond donors (Lipinski definition) is 3. The van der Waals surface area contributed by atoms with Crippen LogP contribution in [0.1, 0.15) is 5.56 Å². The number of nitrogens with zero attached hydrogens (tertiary/aromatic N) is 2. The van der Waals surface area contributed by atoms with E-state index in [1.54, 1.807) is 18.2 Å². The second-order valence-corrected chi connectivity index (χ2v) is 3.22. The molecule has 80 valence electrons. The van der Waals surface area contributed by atoms with Crippen molar-refractivity contribution in [3.63, 3.8) is 0 Å². The summed E-state index contributed by atoms with van der Waals surface area (Å²) >= 11 is 0. The molecule has 0 bridgehead atoms. The van der Waals surface area contributed by atoms with Crippen molar-refractivity contribution >= 4 is 28.5 Å². The van der Waals surface area contributed by atoms with E-state index in [4.69, 9.17) is 16.2 Å². The fraction of sp³-hybridized carbons (Fsp3) is 0. The molecule has 4 N–H and O–H groups in total. The molecular weight excluding hydrogens is 204 g/mol. The van der Waals surface area contributed by atoms with Crippen LogP contribution in [-0.4, -0.2) is 21.3 Å². The summed E-state index contributed by atoms with van der Waals surface area (Å²) in [6.45, 7) is 0. The predicted molar refractivity (Wildman–Crippen MR) is 63.3 cm³/mol. The van der Waals surface area contributed by atoms with Gasteiger partial charge in [-0.25, -0.2) is 9.97 Å². The molecule has 0 saturated heterocycles. The average molecular weight is 214 g/mol. The topological polar surface area (TPSA) is 95.9 Å². The molecule has 0 aliphatic rings. The third kappa shape index (κ3) is 1.58. The van der Waals surface area contributed by atoms with Crippen LogP contribution in [0.2, 0.25) is 0 Å². The number of nitrogens with one attached hydrogen (secondary N) is 1. The van der Waals surface area contributed by atoms with E-state index in [2.05, 4.69) is 9.97 Å². The number of rotatable bonds is 2. The number of nitrogens with two attached hydrogens (primary N) is 1. The number of aromatic nitrogens is 2. The molecular formula is C11H10N4O. The molecule has 16 heavy (non-hydrogen) atoms. The number of aliphatic hydroxyl groups is 1. The van der Waals surface area contributed by atoms with Crippen LogP contribution in [0.5, 0.6) is 0 Å². The van der Waals surface area contributed by atoms with Crippen molar-refractivity contribution in [3.05, 3.63) is 36.4 Å². The highest BCUT2D eigenvalue weighted by atomic mass is 16.2. The lowest BCUT2D eigenvalue weighted by Crippen LogP contribution is -1.94. The molecule has 0 fully saturated rings. The first-order valence-corrected chi connectivity index (χ1v) is 4.61. The monoisotopic (exact) mass is 214 g/mol. The number of nitrogen functional groups attached to an aromatic ring is 1. The van der Waals surface area contributed by atoms with Gasteiger partial charge in [0.1, 0.15) is 12.1 Å². The standard InChI is InChI=1S/C11H10N4O/c12-4-8(5-16)7-1-2-10-9(3-7)11(13)15-6-14-10/h1-6,12,16H,(H2,13,14,15)/b8-5+,12-4?. The van der Waals surface area contributed by atoms with Gasteiger partial charge < -0.3 is 16.2 Å². The molecule has 0 unspecified atom stereocenters. The van der Waals surface area contributed by atoms with Gasteiger partial charge in [-0.05, 0) is 17.7 Å². The first kappa shape index (κ1) is 10.1. The van der Waals surface area contributed by atoms with Crippen molar-refractivity contribution in [1.29, 1.82) is 5.41 Å². The highest BCUT2D eigenvalue weighted by Crippen LogP contribution is 2.21. The number of allylic oxidation sites excluding steroid dienone is 1. The molecule has 5 nitrogen and oxygen atoms in total. The highest BCUT2D eigenvalue weighted by molar-refractivity contribution is 6.09. The average Bonchev–Trinajstić information content (AvgIpc) is 2.32. The van der Waals surface area contributed by atoms with Crippen molar-refractivity contribution in [2.75, 3.05) is 5.73 Å². The summed E-state index contributed by atoms with van der Waals surface area (Å²) in [5.74, 6) is 0.383. The van der Waals surface area contributed by atoms with Crippen LogP contribution in [0, 0.1) is 5.41 Å². The van der Waals surface area contributed by atoms with Crippen molar-refractivity contribution < 1.29 is 5.11 Å². The summed E-state index contributed by atoms with van der Waals surface area (Å²) in [6.07, 6.45) is 3.35. The van der Waals surface area contributed by atoms with Gasteiger partial charge in [-0.3, -0.25) is 0 Å². The first-order chi connectivity index (χ1) is 7.76. The second-order valence-electron chi connectivity index (χ2n) is 3.22. The molecule has 0 atom stereocenters. The fourth-order valence-corrected chi connectivity index (χ4v) is 1.45. The number of anilines is 1. The normalized spacial score (nSPS) is 11.6. The van der Waals surface area contributed by atoms with Crippen molar-refractivity contribution in [2.24, 2.45) is 0 Å². The highest BCUT2D eigenvalue weighted by Gasteiger charge is 2.04. The zero-order valence-corrected chi connectivity index (χ0v) is 8.38. The number of aliphatic hydroxyl groups excluding tert-OH is 1. The van der Waals surface area contributed by atoms with E-state index < -0.39 is 0 Å². The Kier molecular flexibility index (Phi) is 2.51. The molecule has 2 aromatic rings. The van der Waals surface area contributed by atoms with Crippen LogP contribution in [0.25, 0.3) is 16.5 Å². The lowest BCUT2D eigenvalue weighted by Gasteiger charge is -2.03. The maximum atomic E-state index is 8.95. The Hall–Kier alpha value is -2.43. The van der Waals surface area contributed by atoms with Gasteiger partial charge in [0, 0.05) is 17.2 Å². The summed E-state index contributed by atoms with van der Waals surface area (Å²) in [5.41, 5.74) is 7.56. The van der Waals surface area contributed by atoms with Crippen molar-refractivity contribution in [3.8, 4) is 0 Å². The minimum Gasteiger partial charge on any atom is -0.515 e. The van der Waals surface area contributed by atoms with Crippen LogP contribution >= 0.6 is 0 Å². The zero-order valence-electron chi connectivity index (χ0n) is 8.38. The molecule has 0 aliphatic heterocycles. The van der Waals surface area contributed by atoms with Gasteiger partial charge in [0.15, 0.2) is 0 Å². The molecule has 0 spiro atoms. The van der Waals surface area contributed by atoms with Gasteiger partial charge in [0.25, 0.3) is 0 Å². The molecule has 0 amide bonds. The molecule has 1 heterocycles. The summed E-state index contributed by atoms with van der Waals surface area (Å²) in [5, 5.41) is 16.8. The van der Waals surface area contributed by atoms with E-state index >= 15 is 0 Å². The lowest BCUT2D eigenvalue weighted by atomic mass is 10.1. The maximum Gasteiger partial charge on any atom is 0.134 e. The van der Waals surface area contributed by atoms with Gasteiger partial charge in [0.05, 0.1) is 11.8 Å². The van der Waals surface area contributed by atoms with E-state index in [-0.39, 0.29) is 0 Å². The zero-order chi connectivity index (χ0) is 11.5. The predicted octanol–water partition coefficient (Wildman–Crippen LogP) is 1.76. The molecule has 1 aromatic heterocycles. The first-order valence-electron chi connectivity index (χ1n) is 4.61. The van der Waals surface area contributed by atoms with Crippen molar-refractivity contribution in [2.45, 2.75) is 0 Å². The molecule has 0 aliphatic carbocycles. The molecule has 1 aromatic carbocycles. The van der Waals surface area contributed by atoms with Gasteiger partial charge in [0.2, 0.25) is 0 Å². The van der Waals surface area contributed by atoms with Gasteiger partial charge in [-0.15, -0.1) is 0 Å². The summed E-state index contributed by atoms with van der Waals surface area (Å²) in [4.78, 5) is 7.95. The van der Waals surface area contributed by atoms with Gasteiger partial charge >= 0.3 is 0 Å². The summed E-state index contributed by atoms with van der Waals surface area (Å²) in [7, 11) is 0. The van der Waals surface area contributed by atoms with E-state index in [0.717, 1.165) is 18.0 Å². The van der Waals surface area contributed by atoms with Gasteiger partial charge in [-0.2, -0.15) is 0 Å². The van der Waals surface area contributed by atoms with E-state index in [1.165, 1.54) is 6.33 Å². The Balaban J connectivity index is 2.68. The molecule has 5 heteroatoms. The minimum absolute atomic E-state index is 0.383. The van der Waals surface area contributed by atoms with Crippen molar-refractivity contribution in [1.82, 2.24) is 9.97 Å². The van der Waals surface area contributed by atoms with E-state index in [0.29, 0.717) is 22.3 Å². The molecule has 2 rings (SSSR count). The van der Waals surface area contributed by atoms with E-state index in [9.17, 15) is 0 Å². The fourth-order valence-electron chi connectivity index (χ4n) is 1.45. The van der Waals surface area contributed by atoms with Crippen LogP contribution in [-0.2, 0) is 0 Å². The number of hydrogen-bond acceptors (Lipinski definition) is 5. The largest absolute Gasteiger partial charge is 0.515 e. The van der Waals surface area contributed by atoms with E-state index in [1.807, 2.05) is 0 Å². The Labute approximate surface area is 91.8 Å². The minimum atomic E-state index is 0.383. The van der Waals surface area contributed by atoms with Gasteiger partial charge in [-0.1, -0.05) is 6.07 Å². The van der Waals surface area contributed by atoms with Crippen LogP contribution in [0.4, 0.5) is 5.82 Å². The molecule has 0 radical (unpaired) electrons. The number of fused-ring (bicyclic) bond motifs is 1. The van der Waals surface area contributed by atoms with Crippen LogP contribution in [0.15, 0.2) is 30.8 Å². The molecule has 0 saturated carbocycles. The smallest absolute Gasteiger partial charge is 0.134 e. The lowest BCUT2D eigenvalue weighted by molar-refractivity contribution is 0.477. The number of benzene rings is 1. The summed E-state index contributed by atoms with van der Waals surface area (Å²) in [6, 6.07) is 5.29. The Morgan fingerprint density at radius 3 is 2.88 bits per heavy atom. The Morgan fingerprint density at radius 1 is 1.38 bits per heavy atom. The third-order valence-corrected chi connectivity index (χ3v) is 2.29. The second kappa shape index (κ2) is 3.98. The Morgan fingerprint density at radius 2 is 2.19 bits per heavy atom. The van der Waals surface area contributed by atoms with Crippen LogP contribution in [0.3, 0.4) is 0 Å². The third-order valence-electron chi connectivity index (χ3n) is 2.29.